The molecule has 1 unspecified atom stereocenters. The maximum absolute atomic E-state index is 6.24. The van der Waals surface area contributed by atoms with Crippen LogP contribution in [-0.2, 0) is 11.2 Å². The van der Waals surface area contributed by atoms with Crippen LogP contribution < -0.4 is 5.73 Å². The highest BCUT2D eigenvalue weighted by Crippen LogP contribution is 2.27. The van der Waals surface area contributed by atoms with Crippen LogP contribution in [-0.4, -0.2) is 13.7 Å². The Bertz CT molecular complexity index is 495. The van der Waals surface area contributed by atoms with Crippen LogP contribution in [0.5, 0.6) is 0 Å². The van der Waals surface area contributed by atoms with Gasteiger partial charge in [-0.15, -0.1) is 11.3 Å². The summed E-state index contributed by atoms with van der Waals surface area (Å²) in [5.74, 6) is 0. The summed E-state index contributed by atoms with van der Waals surface area (Å²) < 4.78 is 6.18. The molecule has 18 heavy (non-hydrogen) atoms. The average molecular weight is 326 g/mol. The second kappa shape index (κ2) is 6.48. The number of hydrogen-bond acceptors (Lipinski definition) is 3. The molecule has 0 aliphatic carbocycles. The van der Waals surface area contributed by atoms with E-state index >= 15 is 0 Å². The summed E-state index contributed by atoms with van der Waals surface area (Å²) in [5.41, 5.74) is 9.81. The molecule has 2 N–H and O–H groups in total. The third kappa shape index (κ3) is 3.42. The molecule has 1 aromatic heterocycles. The number of ether oxygens (including phenoxy) is 1. The van der Waals surface area contributed by atoms with Gasteiger partial charge in [0, 0.05) is 7.11 Å². The van der Waals surface area contributed by atoms with E-state index in [2.05, 4.69) is 51.6 Å². The highest BCUT2D eigenvalue weighted by atomic mass is 79.9. The van der Waals surface area contributed by atoms with Crippen molar-refractivity contribution in [1.29, 1.82) is 0 Å². The fourth-order valence-corrected chi connectivity index (χ4v) is 3.00. The zero-order valence-electron chi connectivity index (χ0n) is 10.2. The van der Waals surface area contributed by atoms with E-state index < -0.39 is 0 Å². The molecule has 0 fully saturated rings. The predicted octanol–water partition coefficient (Wildman–Crippen LogP) is 3.75. The molecule has 1 aromatic carbocycles. The van der Waals surface area contributed by atoms with Crippen LogP contribution in [0.1, 0.15) is 22.7 Å². The molecule has 1 heterocycles. The van der Waals surface area contributed by atoms with E-state index in [-0.39, 0.29) is 6.04 Å². The summed E-state index contributed by atoms with van der Waals surface area (Å²) in [5, 5.41) is 2.09. The molecule has 2 rings (SSSR count). The van der Waals surface area contributed by atoms with Crippen LogP contribution in [0.3, 0.4) is 0 Å². The number of methoxy groups -OCH3 is 1. The van der Waals surface area contributed by atoms with Crippen molar-refractivity contribution in [3.63, 3.8) is 0 Å². The maximum atomic E-state index is 6.24. The molecule has 4 heteroatoms. The zero-order chi connectivity index (χ0) is 13.0. The molecule has 0 radical (unpaired) electrons. The lowest BCUT2D eigenvalue weighted by Crippen LogP contribution is -2.10. The van der Waals surface area contributed by atoms with Gasteiger partial charge in [0.2, 0.25) is 0 Å². The fourth-order valence-electron chi connectivity index (χ4n) is 1.79. The van der Waals surface area contributed by atoms with E-state index in [0.29, 0.717) is 0 Å². The molecule has 96 valence electrons. The standard InChI is InChI=1S/C14H16BrNOS/c1-17-7-6-10-2-4-11(5-3-10)14(16)12-8-13(15)18-9-12/h2-5,8-9,14H,6-7,16H2,1H3. The van der Waals surface area contributed by atoms with Gasteiger partial charge in [-0.1, -0.05) is 24.3 Å². The van der Waals surface area contributed by atoms with Gasteiger partial charge >= 0.3 is 0 Å². The van der Waals surface area contributed by atoms with Crippen molar-refractivity contribution in [3.05, 3.63) is 56.2 Å². The topological polar surface area (TPSA) is 35.2 Å². The van der Waals surface area contributed by atoms with Gasteiger partial charge in [0.1, 0.15) is 0 Å². The van der Waals surface area contributed by atoms with Crippen LogP contribution in [0.25, 0.3) is 0 Å². The van der Waals surface area contributed by atoms with Crippen LogP contribution in [0, 0.1) is 0 Å². The summed E-state index contributed by atoms with van der Waals surface area (Å²) in [6, 6.07) is 10.5. The van der Waals surface area contributed by atoms with Gasteiger partial charge in [0.25, 0.3) is 0 Å². The molecule has 2 nitrogen and oxygen atoms in total. The number of nitrogens with two attached hydrogens (primary N) is 1. The molecule has 1 atom stereocenters. The molecule has 0 bridgehead atoms. The van der Waals surface area contributed by atoms with Gasteiger partial charge in [-0.3, -0.25) is 0 Å². The third-order valence-electron chi connectivity index (χ3n) is 2.88. The van der Waals surface area contributed by atoms with E-state index in [9.17, 15) is 0 Å². The molecule has 0 aliphatic heterocycles. The minimum Gasteiger partial charge on any atom is -0.384 e. The predicted molar refractivity (Wildman–Crippen MR) is 80.1 cm³/mol. The minimum absolute atomic E-state index is 0.0518. The lowest BCUT2D eigenvalue weighted by Gasteiger charge is -2.11. The second-order valence-electron chi connectivity index (χ2n) is 4.15. The number of rotatable bonds is 5. The van der Waals surface area contributed by atoms with E-state index in [4.69, 9.17) is 10.5 Å². The summed E-state index contributed by atoms with van der Waals surface area (Å²) >= 11 is 5.12. The Labute approximate surface area is 120 Å². The minimum atomic E-state index is -0.0518. The van der Waals surface area contributed by atoms with Gasteiger partial charge < -0.3 is 10.5 Å². The van der Waals surface area contributed by atoms with Gasteiger partial charge in [0.15, 0.2) is 0 Å². The number of thiophene rings is 1. The molecule has 0 amide bonds. The third-order valence-corrected chi connectivity index (χ3v) is 4.40. The van der Waals surface area contributed by atoms with Gasteiger partial charge in [0.05, 0.1) is 16.4 Å². The first-order valence-electron chi connectivity index (χ1n) is 5.78. The number of benzene rings is 1. The van der Waals surface area contributed by atoms with Crippen molar-refractivity contribution < 1.29 is 4.74 Å². The quantitative estimate of drug-likeness (QED) is 0.908. The van der Waals surface area contributed by atoms with Crippen LogP contribution in [0.4, 0.5) is 0 Å². The van der Waals surface area contributed by atoms with Crippen molar-refractivity contribution >= 4 is 27.3 Å². The summed E-state index contributed by atoms with van der Waals surface area (Å²) in [4.78, 5) is 0. The van der Waals surface area contributed by atoms with Crippen molar-refractivity contribution in [3.8, 4) is 0 Å². The Morgan fingerprint density at radius 3 is 2.56 bits per heavy atom. The highest BCUT2D eigenvalue weighted by molar-refractivity contribution is 9.11. The number of hydrogen-bond donors (Lipinski definition) is 1. The lowest BCUT2D eigenvalue weighted by atomic mass is 10.0. The summed E-state index contributed by atoms with van der Waals surface area (Å²) in [6.45, 7) is 0.753. The Balaban J connectivity index is 2.09. The van der Waals surface area contributed by atoms with Crippen LogP contribution >= 0.6 is 27.3 Å². The van der Waals surface area contributed by atoms with Crippen molar-refractivity contribution in [2.24, 2.45) is 5.73 Å². The Morgan fingerprint density at radius 2 is 2.00 bits per heavy atom. The molecule has 0 saturated heterocycles. The Kier molecular flexibility index (Phi) is 4.95. The van der Waals surface area contributed by atoms with E-state index in [1.54, 1.807) is 18.4 Å². The van der Waals surface area contributed by atoms with Crippen molar-refractivity contribution in [2.45, 2.75) is 12.5 Å². The molecular formula is C14H16BrNOS. The monoisotopic (exact) mass is 325 g/mol. The first kappa shape index (κ1) is 13.7. The molecule has 0 saturated carbocycles. The van der Waals surface area contributed by atoms with E-state index in [0.717, 1.165) is 27.9 Å². The Morgan fingerprint density at radius 1 is 1.28 bits per heavy atom. The van der Waals surface area contributed by atoms with Gasteiger partial charge in [-0.2, -0.15) is 0 Å². The van der Waals surface area contributed by atoms with Crippen LogP contribution in [0.2, 0.25) is 0 Å². The van der Waals surface area contributed by atoms with Crippen molar-refractivity contribution in [1.82, 2.24) is 0 Å². The zero-order valence-corrected chi connectivity index (χ0v) is 12.6. The first-order chi connectivity index (χ1) is 8.70. The lowest BCUT2D eigenvalue weighted by molar-refractivity contribution is 0.202. The van der Waals surface area contributed by atoms with E-state index in [1.807, 2.05) is 0 Å². The summed E-state index contributed by atoms with van der Waals surface area (Å²) in [6.07, 6.45) is 0.940. The van der Waals surface area contributed by atoms with Gasteiger partial charge in [-0.05, 0) is 50.5 Å². The smallest absolute Gasteiger partial charge is 0.0701 e. The largest absolute Gasteiger partial charge is 0.384 e. The first-order valence-corrected chi connectivity index (χ1v) is 7.45. The van der Waals surface area contributed by atoms with Gasteiger partial charge in [-0.25, -0.2) is 0 Å². The highest BCUT2D eigenvalue weighted by Gasteiger charge is 2.10. The molecule has 0 aliphatic rings. The summed E-state index contributed by atoms with van der Waals surface area (Å²) in [7, 11) is 1.72. The normalized spacial score (nSPS) is 12.6. The fraction of sp³-hybridized carbons (Fsp3) is 0.286. The maximum Gasteiger partial charge on any atom is 0.0701 e. The molecule has 2 aromatic rings. The van der Waals surface area contributed by atoms with Crippen molar-refractivity contribution in [2.75, 3.05) is 13.7 Å². The number of halogens is 1. The molecular weight excluding hydrogens is 310 g/mol. The van der Waals surface area contributed by atoms with Crippen LogP contribution in [0.15, 0.2) is 39.5 Å². The average Bonchev–Trinajstić information content (AvgIpc) is 2.83. The second-order valence-corrected chi connectivity index (χ2v) is 6.44. The molecule has 0 spiro atoms. The SMILES string of the molecule is COCCc1ccc(C(N)c2csc(Br)c2)cc1. The Hall–Kier alpha value is -0.680. The van der Waals surface area contributed by atoms with E-state index in [1.165, 1.54) is 5.56 Å².